The number of nitrogens with one attached hydrogen (secondary N) is 1. The predicted octanol–water partition coefficient (Wildman–Crippen LogP) is 3.38. The second kappa shape index (κ2) is 8.05. The Morgan fingerprint density at radius 3 is 2.52 bits per heavy atom. The van der Waals surface area contributed by atoms with Gasteiger partial charge in [-0.15, -0.1) is 0 Å². The summed E-state index contributed by atoms with van der Waals surface area (Å²) in [5, 5.41) is 17.8. The second-order valence-corrected chi connectivity index (χ2v) is 6.82. The van der Waals surface area contributed by atoms with Crippen molar-refractivity contribution in [1.82, 2.24) is 9.78 Å². The predicted molar refractivity (Wildman–Crippen MR) is 110 cm³/mol. The first-order valence-electron chi connectivity index (χ1n) is 8.95. The molecule has 0 aliphatic rings. The normalized spacial score (nSPS) is 10.6. The Kier molecular flexibility index (Phi) is 5.54. The number of nitro groups is 1. The topological polar surface area (TPSA) is 107 Å². The summed E-state index contributed by atoms with van der Waals surface area (Å²) in [6, 6.07) is 12.7. The lowest BCUT2D eigenvalue weighted by molar-refractivity contribution is -0.384. The van der Waals surface area contributed by atoms with E-state index in [0.717, 1.165) is 26.9 Å². The van der Waals surface area contributed by atoms with Gasteiger partial charge in [-0.05, 0) is 55.7 Å². The molecule has 0 saturated carbocycles. The number of nitrogens with zero attached hydrogens (tertiary/aromatic N) is 3. The van der Waals surface area contributed by atoms with Crippen LogP contribution in [0.5, 0.6) is 0 Å². The average Bonchev–Trinajstić information content (AvgIpc) is 2.66. The van der Waals surface area contributed by atoms with Crippen LogP contribution in [0.1, 0.15) is 16.7 Å². The van der Waals surface area contributed by atoms with Crippen molar-refractivity contribution in [3.8, 4) is 11.3 Å². The van der Waals surface area contributed by atoms with Crippen molar-refractivity contribution >= 4 is 17.3 Å². The molecule has 0 aliphatic carbocycles. The van der Waals surface area contributed by atoms with Crippen LogP contribution in [0.2, 0.25) is 0 Å². The van der Waals surface area contributed by atoms with Gasteiger partial charge < -0.3 is 5.32 Å². The molecule has 3 aromatic rings. The summed E-state index contributed by atoms with van der Waals surface area (Å²) in [7, 11) is 0. The van der Waals surface area contributed by atoms with E-state index in [1.54, 1.807) is 6.07 Å². The number of anilines is 1. The van der Waals surface area contributed by atoms with Crippen LogP contribution in [0, 0.1) is 30.9 Å². The number of carbonyl (C=O) groups is 1. The van der Waals surface area contributed by atoms with Crippen LogP contribution in [0.15, 0.2) is 53.3 Å². The van der Waals surface area contributed by atoms with Gasteiger partial charge in [-0.25, -0.2) is 4.68 Å². The molecule has 1 amide bonds. The summed E-state index contributed by atoms with van der Waals surface area (Å²) in [4.78, 5) is 34.8. The molecular formula is C21H20N4O4. The molecule has 0 fully saturated rings. The summed E-state index contributed by atoms with van der Waals surface area (Å²) in [6.07, 6.45) is 0. The first-order chi connectivity index (χ1) is 13.7. The number of benzene rings is 2. The fourth-order valence-electron chi connectivity index (χ4n) is 2.98. The molecule has 29 heavy (non-hydrogen) atoms. The molecule has 0 bridgehead atoms. The maximum Gasteiger partial charge on any atom is 0.271 e. The third-order valence-corrected chi connectivity index (χ3v) is 4.62. The first kappa shape index (κ1) is 19.9. The Morgan fingerprint density at radius 1 is 1.07 bits per heavy atom. The molecule has 0 radical (unpaired) electrons. The van der Waals surface area contributed by atoms with Crippen LogP contribution >= 0.6 is 0 Å². The molecule has 0 atom stereocenters. The molecule has 0 saturated heterocycles. The highest BCUT2D eigenvalue weighted by molar-refractivity contribution is 5.90. The molecule has 2 aromatic carbocycles. The lowest BCUT2D eigenvalue weighted by Crippen LogP contribution is -2.29. The van der Waals surface area contributed by atoms with Crippen molar-refractivity contribution < 1.29 is 9.72 Å². The summed E-state index contributed by atoms with van der Waals surface area (Å²) >= 11 is 0. The standard InChI is InChI=1S/C21H20N4O4/c1-13-9-15(3)18(10-14(13)2)19-7-8-21(27)24(23-19)12-20(26)22-16-5-4-6-17(11-16)25(28)29/h4-11H,12H2,1-3H3,(H,22,26). The summed E-state index contributed by atoms with van der Waals surface area (Å²) in [5.74, 6) is -0.506. The fraction of sp³-hybridized carbons (Fsp3) is 0.190. The SMILES string of the molecule is Cc1cc(C)c(-c2ccc(=O)n(CC(=O)Nc3cccc([N+](=O)[O-])c3)n2)cc1C. The Balaban J connectivity index is 1.85. The minimum atomic E-state index is -0.545. The number of hydrogen-bond donors (Lipinski definition) is 1. The lowest BCUT2D eigenvalue weighted by Gasteiger charge is -2.11. The van der Waals surface area contributed by atoms with E-state index in [1.807, 2.05) is 26.8 Å². The van der Waals surface area contributed by atoms with E-state index in [1.165, 1.54) is 30.3 Å². The zero-order valence-corrected chi connectivity index (χ0v) is 16.3. The Labute approximate surface area is 167 Å². The van der Waals surface area contributed by atoms with Gasteiger partial charge in [0.1, 0.15) is 6.54 Å². The number of non-ortho nitro benzene ring substituents is 1. The zero-order valence-electron chi connectivity index (χ0n) is 16.3. The first-order valence-corrected chi connectivity index (χ1v) is 8.95. The van der Waals surface area contributed by atoms with E-state index in [4.69, 9.17) is 0 Å². The van der Waals surface area contributed by atoms with E-state index in [-0.39, 0.29) is 17.9 Å². The molecule has 1 heterocycles. The van der Waals surface area contributed by atoms with Gasteiger partial charge in [0.05, 0.1) is 10.6 Å². The smallest absolute Gasteiger partial charge is 0.271 e. The van der Waals surface area contributed by atoms with E-state index in [2.05, 4.69) is 16.5 Å². The van der Waals surface area contributed by atoms with Gasteiger partial charge in [-0.1, -0.05) is 12.1 Å². The Morgan fingerprint density at radius 2 is 1.79 bits per heavy atom. The van der Waals surface area contributed by atoms with Crippen LogP contribution in [-0.4, -0.2) is 20.6 Å². The molecule has 0 aliphatic heterocycles. The van der Waals surface area contributed by atoms with Gasteiger partial charge in [0.2, 0.25) is 5.91 Å². The molecule has 8 heteroatoms. The van der Waals surface area contributed by atoms with Crippen LogP contribution in [0.25, 0.3) is 11.3 Å². The maximum atomic E-state index is 12.3. The highest BCUT2D eigenvalue weighted by Crippen LogP contribution is 2.24. The number of carbonyl (C=O) groups excluding carboxylic acids is 1. The highest BCUT2D eigenvalue weighted by atomic mass is 16.6. The largest absolute Gasteiger partial charge is 0.324 e. The van der Waals surface area contributed by atoms with Gasteiger partial charge in [0.15, 0.2) is 0 Å². The molecule has 0 spiro atoms. The highest BCUT2D eigenvalue weighted by Gasteiger charge is 2.12. The number of aromatic nitrogens is 2. The number of rotatable bonds is 5. The van der Waals surface area contributed by atoms with Gasteiger partial charge in [-0.2, -0.15) is 5.10 Å². The summed E-state index contributed by atoms with van der Waals surface area (Å²) in [6.45, 7) is 5.69. The van der Waals surface area contributed by atoms with Crippen LogP contribution < -0.4 is 10.9 Å². The Hall–Kier alpha value is -3.81. The van der Waals surface area contributed by atoms with Gasteiger partial charge in [0.25, 0.3) is 11.2 Å². The van der Waals surface area contributed by atoms with Crippen molar-refractivity contribution in [2.45, 2.75) is 27.3 Å². The molecule has 1 N–H and O–H groups in total. The van der Waals surface area contributed by atoms with E-state index in [0.29, 0.717) is 5.69 Å². The van der Waals surface area contributed by atoms with E-state index >= 15 is 0 Å². The van der Waals surface area contributed by atoms with Gasteiger partial charge >= 0.3 is 0 Å². The van der Waals surface area contributed by atoms with Crippen LogP contribution in [-0.2, 0) is 11.3 Å². The van der Waals surface area contributed by atoms with Crippen LogP contribution in [0.3, 0.4) is 0 Å². The van der Waals surface area contributed by atoms with Crippen molar-refractivity contribution in [1.29, 1.82) is 0 Å². The number of hydrogen-bond acceptors (Lipinski definition) is 5. The minimum Gasteiger partial charge on any atom is -0.324 e. The summed E-state index contributed by atoms with van der Waals surface area (Å²) in [5.41, 5.74) is 4.50. The number of amides is 1. The van der Waals surface area contributed by atoms with Crippen LogP contribution in [0.4, 0.5) is 11.4 Å². The summed E-state index contributed by atoms with van der Waals surface area (Å²) < 4.78 is 1.08. The second-order valence-electron chi connectivity index (χ2n) is 6.82. The number of nitro benzene ring substituents is 1. The molecule has 1 aromatic heterocycles. The van der Waals surface area contributed by atoms with E-state index < -0.39 is 16.4 Å². The molecule has 148 valence electrons. The lowest BCUT2D eigenvalue weighted by atomic mass is 9.99. The maximum absolute atomic E-state index is 12.3. The molecule has 0 unspecified atom stereocenters. The van der Waals surface area contributed by atoms with E-state index in [9.17, 15) is 19.7 Å². The van der Waals surface area contributed by atoms with Crippen molar-refractivity contribution in [3.63, 3.8) is 0 Å². The van der Waals surface area contributed by atoms with Crippen molar-refractivity contribution in [2.75, 3.05) is 5.32 Å². The average molecular weight is 392 g/mol. The zero-order chi connectivity index (χ0) is 21.1. The van der Waals surface area contributed by atoms with Gasteiger partial charge in [0, 0.05) is 29.4 Å². The van der Waals surface area contributed by atoms with Crippen molar-refractivity contribution in [2.24, 2.45) is 0 Å². The third-order valence-electron chi connectivity index (χ3n) is 4.62. The minimum absolute atomic E-state index is 0.134. The fourth-order valence-corrected chi connectivity index (χ4v) is 2.98. The molecule has 8 nitrogen and oxygen atoms in total. The Bertz CT molecular complexity index is 1170. The molecule has 3 rings (SSSR count). The number of aryl methyl sites for hydroxylation is 3. The monoisotopic (exact) mass is 392 g/mol. The van der Waals surface area contributed by atoms with Gasteiger partial charge in [-0.3, -0.25) is 19.7 Å². The quantitative estimate of drug-likeness (QED) is 0.529. The third kappa shape index (κ3) is 4.55. The van der Waals surface area contributed by atoms with Crippen molar-refractivity contribution in [3.05, 3.63) is 85.7 Å². The molecular weight excluding hydrogens is 372 g/mol.